The van der Waals surface area contributed by atoms with Crippen LogP contribution in [-0.4, -0.2) is 37.9 Å². The van der Waals surface area contributed by atoms with Gasteiger partial charge in [0.05, 0.1) is 4.88 Å². The Labute approximate surface area is 245 Å². The van der Waals surface area contributed by atoms with E-state index in [1.165, 1.54) is 11.3 Å². The molecule has 5 N–H and O–H groups in total. The van der Waals surface area contributed by atoms with Crippen molar-refractivity contribution in [1.82, 2.24) is 20.3 Å². The average molecular weight is 603 g/mol. The van der Waals surface area contributed by atoms with Gasteiger partial charge in [-0.3, -0.25) is 9.59 Å². The molecule has 2 aromatic heterocycles. The van der Waals surface area contributed by atoms with Gasteiger partial charge in [-0.1, -0.05) is 6.07 Å². The second-order valence-electron chi connectivity index (χ2n) is 11.3. The summed E-state index contributed by atoms with van der Waals surface area (Å²) in [5.74, 6) is -0.759. The zero-order valence-electron chi connectivity index (χ0n) is 23.1. The summed E-state index contributed by atoms with van der Waals surface area (Å²) in [5.41, 5.74) is 5.40. The predicted molar refractivity (Wildman–Crippen MR) is 152 cm³/mol. The van der Waals surface area contributed by atoms with Gasteiger partial charge in [-0.25, -0.2) is 15.0 Å². The highest BCUT2D eigenvalue weighted by atomic mass is 32.1. The van der Waals surface area contributed by atoms with Crippen LogP contribution in [0.5, 0.6) is 0 Å². The minimum Gasteiger partial charge on any atom is -0.383 e. The molecule has 0 saturated heterocycles. The van der Waals surface area contributed by atoms with Crippen molar-refractivity contribution in [2.75, 3.05) is 5.32 Å². The minimum absolute atomic E-state index is 0.0102. The molecule has 42 heavy (non-hydrogen) atoms. The molecule has 9 nitrogen and oxygen atoms in total. The van der Waals surface area contributed by atoms with Gasteiger partial charge in [-0.2, -0.15) is 13.2 Å². The van der Waals surface area contributed by atoms with Crippen LogP contribution in [0.2, 0.25) is 0 Å². The second kappa shape index (κ2) is 12.0. The van der Waals surface area contributed by atoms with E-state index in [1.54, 1.807) is 18.3 Å². The number of aromatic nitrogens is 3. The number of hydrogen-bond donors (Lipinski definition) is 4. The summed E-state index contributed by atoms with van der Waals surface area (Å²) >= 11 is 1.35. The van der Waals surface area contributed by atoms with Crippen LogP contribution in [0.25, 0.3) is 10.4 Å². The van der Waals surface area contributed by atoms with Crippen molar-refractivity contribution >= 4 is 34.8 Å². The Balaban J connectivity index is 1.21. The molecule has 224 valence electrons. The number of thiazole rings is 1. The lowest BCUT2D eigenvalue weighted by Crippen LogP contribution is -2.44. The molecule has 2 aliphatic rings. The van der Waals surface area contributed by atoms with E-state index < -0.39 is 17.5 Å². The number of anilines is 2. The van der Waals surface area contributed by atoms with E-state index in [-0.39, 0.29) is 35.6 Å². The molecule has 2 heterocycles. The summed E-state index contributed by atoms with van der Waals surface area (Å²) < 4.78 is 39.2. The Bertz CT molecular complexity index is 1450. The van der Waals surface area contributed by atoms with E-state index in [4.69, 9.17) is 5.73 Å². The molecule has 2 fully saturated rings. The number of primary amides is 1. The first-order valence-electron chi connectivity index (χ1n) is 14.0. The molecule has 5 rings (SSSR count). The number of halogens is 3. The molecule has 0 unspecified atom stereocenters. The molecule has 1 aromatic carbocycles. The molecule has 13 heteroatoms. The maximum Gasteiger partial charge on any atom is 0.433 e. The number of aliphatic hydroxyl groups is 1. The summed E-state index contributed by atoms with van der Waals surface area (Å²) in [6, 6.07) is 6.34. The Morgan fingerprint density at radius 1 is 1.05 bits per heavy atom. The summed E-state index contributed by atoms with van der Waals surface area (Å²) in [5, 5.41) is 18.0. The standard InChI is InChI=1S/C29H33F3N6O3S/c1-16-12-19(14-21(13-16)37-27-34-11-8-23(38-27)29(30,31)32)22-15-35-26(42-22)28(41)9-6-18(7-10-28)25(40)36-20-4-2-17(3-5-20)24(33)39/h8,11-15,17-18,20,41H,2-7,9-10H2,1H3,(H2,33,39)(H,36,40)(H,34,37,38)/t17-,18?,20+,28?. The van der Waals surface area contributed by atoms with Gasteiger partial charge in [0, 0.05) is 36.0 Å². The number of nitrogens with two attached hydrogens (primary N) is 1. The molecular formula is C29H33F3N6O3S. The summed E-state index contributed by atoms with van der Waals surface area (Å²) in [4.78, 5) is 37.1. The van der Waals surface area contributed by atoms with Crippen LogP contribution in [0.3, 0.4) is 0 Å². The van der Waals surface area contributed by atoms with Crippen molar-refractivity contribution in [2.24, 2.45) is 17.6 Å². The monoisotopic (exact) mass is 602 g/mol. The van der Waals surface area contributed by atoms with Crippen molar-refractivity contribution in [3.63, 3.8) is 0 Å². The SMILES string of the molecule is Cc1cc(Nc2nccc(C(F)(F)F)n2)cc(-c2cnc(C3(O)CCC(C(=O)N[C@H]4CC[C@@H](C(N)=O)CC4)CC3)s2)c1. The fourth-order valence-corrected chi connectivity index (χ4v) is 6.79. The Morgan fingerprint density at radius 3 is 2.43 bits per heavy atom. The molecule has 2 aliphatic carbocycles. The zero-order valence-corrected chi connectivity index (χ0v) is 23.9. The fourth-order valence-electron chi connectivity index (χ4n) is 5.74. The lowest BCUT2D eigenvalue weighted by atomic mass is 9.78. The maximum atomic E-state index is 13.1. The summed E-state index contributed by atoms with van der Waals surface area (Å²) in [6.07, 6.45) is 2.88. The van der Waals surface area contributed by atoms with E-state index in [1.807, 2.05) is 13.0 Å². The van der Waals surface area contributed by atoms with E-state index >= 15 is 0 Å². The number of carbonyl (C=O) groups is 2. The van der Waals surface area contributed by atoms with Crippen LogP contribution >= 0.6 is 11.3 Å². The molecule has 2 amide bonds. The van der Waals surface area contributed by atoms with Crippen molar-refractivity contribution in [3.8, 4) is 10.4 Å². The number of nitrogens with zero attached hydrogens (tertiary/aromatic N) is 3. The lowest BCUT2D eigenvalue weighted by Gasteiger charge is -2.35. The van der Waals surface area contributed by atoms with Gasteiger partial charge in [0.1, 0.15) is 16.3 Å². The Hall–Kier alpha value is -3.58. The highest BCUT2D eigenvalue weighted by Crippen LogP contribution is 2.43. The molecule has 0 atom stereocenters. The first kappa shape index (κ1) is 29.9. The van der Waals surface area contributed by atoms with Crippen LogP contribution < -0.4 is 16.4 Å². The van der Waals surface area contributed by atoms with Crippen molar-refractivity contribution in [2.45, 2.75) is 76.1 Å². The first-order chi connectivity index (χ1) is 19.9. The number of hydrogen-bond acceptors (Lipinski definition) is 8. The molecule has 3 aromatic rings. The Morgan fingerprint density at radius 2 is 1.76 bits per heavy atom. The van der Waals surface area contributed by atoms with Crippen molar-refractivity contribution < 1.29 is 27.9 Å². The van der Waals surface area contributed by atoms with Crippen molar-refractivity contribution in [1.29, 1.82) is 0 Å². The third-order valence-corrected chi connectivity index (χ3v) is 9.37. The van der Waals surface area contributed by atoms with E-state index in [2.05, 4.69) is 25.6 Å². The van der Waals surface area contributed by atoms with Gasteiger partial charge < -0.3 is 21.5 Å². The topological polar surface area (TPSA) is 143 Å². The van der Waals surface area contributed by atoms with Gasteiger partial charge in [-0.15, -0.1) is 11.3 Å². The smallest absolute Gasteiger partial charge is 0.383 e. The van der Waals surface area contributed by atoms with Gasteiger partial charge in [0.25, 0.3) is 0 Å². The highest BCUT2D eigenvalue weighted by Gasteiger charge is 2.40. The normalized spacial score (nSPS) is 24.6. The number of nitrogens with one attached hydrogen (secondary N) is 2. The van der Waals surface area contributed by atoms with Crippen LogP contribution in [0.15, 0.2) is 36.7 Å². The van der Waals surface area contributed by atoms with E-state index in [0.29, 0.717) is 49.2 Å². The number of rotatable bonds is 7. The van der Waals surface area contributed by atoms with Gasteiger partial charge >= 0.3 is 6.18 Å². The molecule has 0 radical (unpaired) electrons. The third-order valence-electron chi connectivity index (χ3n) is 8.13. The molecular weight excluding hydrogens is 569 g/mol. The van der Waals surface area contributed by atoms with Gasteiger partial charge in [-0.05, 0) is 87.6 Å². The zero-order chi connectivity index (χ0) is 30.1. The fraction of sp³-hybridized carbons (Fsp3) is 0.483. The maximum absolute atomic E-state index is 13.1. The summed E-state index contributed by atoms with van der Waals surface area (Å²) in [7, 11) is 0. The van der Waals surface area contributed by atoms with E-state index in [0.717, 1.165) is 41.1 Å². The molecule has 0 spiro atoms. The van der Waals surface area contributed by atoms with E-state index in [9.17, 15) is 27.9 Å². The molecule has 2 saturated carbocycles. The summed E-state index contributed by atoms with van der Waals surface area (Å²) in [6.45, 7) is 1.87. The number of aryl methyl sites for hydroxylation is 1. The number of alkyl halides is 3. The first-order valence-corrected chi connectivity index (χ1v) is 14.8. The van der Waals surface area contributed by atoms with Gasteiger partial charge in [0.2, 0.25) is 17.8 Å². The Kier molecular flexibility index (Phi) is 8.51. The quantitative estimate of drug-likeness (QED) is 0.291. The largest absolute Gasteiger partial charge is 0.433 e. The van der Waals surface area contributed by atoms with Crippen LogP contribution in [0, 0.1) is 18.8 Å². The van der Waals surface area contributed by atoms with Crippen LogP contribution in [0.1, 0.15) is 67.6 Å². The average Bonchev–Trinajstić information content (AvgIpc) is 3.45. The number of carbonyl (C=O) groups excluding carboxylic acids is 2. The lowest BCUT2D eigenvalue weighted by molar-refractivity contribution is -0.141. The highest BCUT2D eigenvalue weighted by molar-refractivity contribution is 7.15. The number of benzene rings is 1. The van der Waals surface area contributed by atoms with Gasteiger partial charge in [0.15, 0.2) is 0 Å². The van der Waals surface area contributed by atoms with Crippen LogP contribution in [0.4, 0.5) is 24.8 Å². The van der Waals surface area contributed by atoms with Crippen LogP contribution in [-0.2, 0) is 21.4 Å². The second-order valence-corrected chi connectivity index (χ2v) is 12.3. The van der Waals surface area contributed by atoms with Crippen molar-refractivity contribution in [3.05, 3.63) is 52.9 Å². The third kappa shape index (κ3) is 6.89. The predicted octanol–water partition coefficient (Wildman–Crippen LogP) is 5.21. The molecule has 0 aliphatic heterocycles. The molecule has 0 bridgehead atoms. The minimum atomic E-state index is -4.58. The number of amides is 2.